The molecular formula is C19H19NO3S2. The van der Waals surface area contributed by atoms with Gasteiger partial charge in [-0.25, -0.2) is 13.4 Å². The monoisotopic (exact) mass is 373 g/mol. The number of aromatic nitrogens is 1. The molecule has 3 aromatic rings. The molecule has 0 aliphatic heterocycles. The van der Waals surface area contributed by atoms with Crippen LogP contribution in [0.3, 0.4) is 0 Å². The first-order valence-electron chi connectivity index (χ1n) is 7.92. The zero-order valence-electron chi connectivity index (χ0n) is 14.1. The molecule has 6 heteroatoms. The number of ether oxygens (including phenoxy) is 1. The Bertz CT molecular complexity index is 943. The molecule has 4 nitrogen and oxygen atoms in total. The summed E-state index contributed by atoms with van der Waals surface area (Å²) < 4.78 is 28.6. The minimum atomic E-state index is -3.19. The van der Waals surface area contributed by atoms with Crippen molar-refractivity contribution in [3.05, 3.63) is 65.2 Å². The van der Waals surface area contributed by atoms with E-state index in [4.69, 9.17) is 4.74 Å². The molecule has 0 aliphatic carbocycles. The molecule has 0 N–H and O–H groups in total. The number of aryl methyl sites for hydroxylation is 1. The van der Waals surface area contributed by atoms with Gasteiger partial charge in [0.05, 0.1) is 10.6 Å². The van der Waals surface area contributed by atoms with Gasteiger partial charge in [0.1, 0.15) is 17.4 Å². The van der Waals surface area contributed by atoms with Crippen LogP contribution in [0.25, 0.3) is 10.6 Å². The second-order valence-corrected chi connectivity index (χ2v) is 8.60. The van der Waals surface area contributed by atoms with Crippen LogP contribution in [0, 0.1) is 0 Å². The van der Waals surface area contributed by atoms with Crippen LogP contribution in [0.4, 0.5) is 0 Å². The van der Waals surface area contributed by atoms with Crippen LogP contribution >= 0.6 is 11.3 Å². The summed E-state index contributed by atoms with van der Waals surface area (Å²) >= 11 is 1.59. The number of hydrogen-bond acceptors (Lipinski definition) is 5. The Labute approximate surface area is 152 Å². The third-order valence-electron chi connectivity index (χ3n) is 3.80. The standard InChI is InChI=1S/C19H19NO3S2/c1-3-14-4-6-15(7-5-14)19-20-16(13-24-19)12-23-17-8-10-18(11-9-17)25(2,21)22/h4-11,13H,3,12H2,1-2H3. The largest absolute Gasteiger partial charge is 0.487 e. The Morgan fingerprint density at radius 3 is 2.32 bits per heavy atom. The van der Waals surface area contributed by atoms with Crippen molar-refractivity contribution in [3.63, 3.8) is 0 Å². The van der Waals surface area contributed by atoms with Gasteiger partial charge in [-0.1, -0.05) is 31.2 Å². The Kier molecular flexibility index (Phi) is 5.20. The van der Waals surface area contributed by atoms with Crippen LogP contribution < -0.4 is 4.74 Å². The van der Waals surface area contributed by atoms with Crippen LogP contribution in [0.2, 0.25) is 0 Å². The first kappa shape index (κ1) is 17.6. The molecule has 0 fully saturated rings. The highest BCUT2D eigenvalue weighted by Crippen LogP contribution is 2.25. The topological polar surface area (TPSA) is 56.3 Å². The minimum absolute atomic E-state index is 0.284. The number of nitrogens with zero attached hydrogens (tertiary/aromatic N) is 1. The fraction of sp³-hybridized carbons (Fsp3) is 0.211. The lowest BCUT2D eigenvalue weighted by molar-refractivity contribution is 0.302. The number of thiazole rings is 1. The maximum absolute atomic E-state index is 11.5. The normalized spacial score (nSPS) is 11.4. The molecule has 1 heterocycles. The van der Waals surface area contributed by atoms with Gasteiger partial charge in [-0.2, -0.15) is 0 Å². The van der Waals surface area contributed by atoms with E-state index in [0.29, 0.717) is 12.4 Å². The third-order valence-corrected chi connectivity index (χ3v) is 5.87. The summed E-state index contributed by atoms with van der Waals surface area (Å²) in [5.41, 5.74) is 3.26. The Morgan fingerprint density at radius 1 is 1.04 bits per heavy atom. The van der Waals surface area contributed by atoms with Crippen molar-refractivity contribution in [3.8, 4) is 16.3 Å². The molecule has 0 unspecified atom stereocenters. The number of benzene rings is 2. The smallest absolute Gasteiger partial charge is 0.175 e. The molecule has 2 aromatic carbocycles. The first-order valence-corrected chi connectivity index (χ1v) is 10.7. The fourth-order valence-electron chi connectivity index (χ4n) is 2.33. The highest BCUT2D eigenvalue weighted by molar-refractivity contribution is 7.90. The molecule has 0 spiro atoms. The Morgan fingerprint density at radius 2 is 1.72 bits per heavy atom. The summed E-state index contributed by atoms with van der Waals surface area (Å²) in [5, 5.41) is 2.95. The van der Waals surface area contributed by atoms with E-state index in [0.717, 1.165) is 22.7 Å². The quantitative estimate of drug-likeness (QED) is 0.644. The van der Waals surface area contributed by atoms with Crippen molar-refractivity contribution in [2.75, 3.05) is 6.26 Å². The number of rotatable bonds is 6. The van der Waals surface area contributed by atoms with Crippen molar-refractivity contribution in [2.24, 2.45) is 0 Å². The van der Waals surface area contributed by atoms with E-state index in [-0.39, 0.29) is 4.90 Å². The van der Waals surface area contributed by atoms with E-state index in [1.165, 1.54) is 11.8 Å². The van der Waals surface area contributed by atoms with Crippen molar-refractivity contribution in [2.45, 2.75) is 24.8 Å². The van der Waals surface area contributed by atoms with Gasteiger partial charge in [0.25, 0.3) is 0 Å². The maximum Gasteiger partial charge on any atom is 0.175 e. The highest BCUT2D eigenvalue weighted by atomic mass is 32.2. The number of sulfone groups is 1. The van der Waals surface area contributed by atoms with Gasteiger partial charge in [-0.3, -0.25) is 0 Å². The molecular weight excluding hydrogens is 354 g/mol. The fourth-order valence-corrected chi connectivity index (χ4v) is 3.77. The van der Waals surface area contributed by atoms with Crippen molar-refractivity contribution in [1.29, 1.82) is 0 Å². The predicted molar refractivity (Wildman–Crippen MR) is 101 cm³/mol. The second-order valence-electron chi connectivity index (χ2n) is 5.73. The van der Waals surface area contributed by atoms with E-state index >= 15 is 0 Å². The van der Waals surface area contributed by atoms with Gasteiger partial charge in [0.15, 0.2) is 9.84 Å². The summed E-state index contributed by atoms with van der Waals surface area (Å²) in [5.74, 6) is 0.620. The summed E-state index contributed by atoms with van der Waals surface area (Å²) in [4.78, 5) is 4.89. The lowest BCUT2D eigenvalue weighted by Gasteiger charge is -2.05. The lowest BCUT2D eigenvalue weighted by atomic mass is 10.1. The molecule has 0 atom stereocenters. The molecule has 130 valence electrons. The van der Waals surface area contributed by atoms with E-state index < -0.39 is 9.84 Å². The van der Waals surface area contributed by atoms with Gasteiger partial charge in [0.2, 0.25) is 0 Å². The van der Waals surface area contributed by atoms with Crippen molar-refractivity contribution < 1.29 is 13.2 Å². The molecule has 25 heavy (non-hydrogen) atoms. The average Bonchev–Trinajstić information content (AvgIpc) is 3.09. The minimum Gasteiger partial charge on any atom is -0.487 e. The Hall–Kier alpha value is -2.18. The summed E-state index contributed by atoms with van der Waals surface area (Å²) in [6.07, 6.45) is 2.21. The molecule has 0 radical (unpaired) electrons. The SMILES string of the molecule is CCc1ccc(-c2nc(COc3ccc(S(C)(=O)=O)cc3)cs2)cc1. The van der Waals surface area contributed by atoms with Crippen LogP contribution in [0.1, 0.15) is 18.2 Å². The third kappa shape index (κ3) is 4.46. The zero-order chi connectivity index (χ0) is 17.9. The van der Waals surface area contributed by atoms with Gasteiger partial charge < -0.3 is 4.74 Å². The van der Waals surface area contributed by atoms with Gasteiger partial charge in [0, 0.05) is 17.2 Å². The summed E-state index contributed by atoms with van der Waals surface area (Å²) in [6, 6.07) is 14.8. The van der Waals surface area contributed by atoms with Crippen LogP contribution in [0.15, 0.2) is 58.8 Å². The van der Waals surface area contributed by atoms with E-state index in [9.17, 15) is 8.42 Å². The number of hydrogen-bond donors (Lipinski definition) is 0. The molecule has 0 saturated carbocycles. The zero-order valence-corrected chi connectivity index (χ0v) is 15.7. The van der Waals surface area contributed by atoms with Crippen molar-refractivity contribution >= 4 is 21.2 Å². The molecule has 0 aliphatic rings. The predicted octanol–water partition coefficient (Wildman–Crippen LogP) is 4.36. The van der Waals surface area contributed by atoms with E-state index in [2.05, 4.69) is 36.2 Å². The van der Waals surface area contributed by atoms with Crippen LogP contribution in [0.5, 0.6) is 5.75 Å². The molecule has 0 saturated heterocycles. The summed E-state index contributed by atoms with van der Waals surface area (Å²) in [6.45, 7) is 2.48. The van der Waals surface area contributed by atoms with Gasteiger partial charge in [-0.05, 0) is 36.2 Å². The first-order chi connectivity index (χ1) is 12.0. The van der Waals surface area contributed by atoms with Gasteiger partial charge >= 0.3 is 0 Å². The van der Waals surface area contributed by atoms with Crippen LogP contribution in [-0.4, -0.2) is 19.7 Å². The maximum atomic E-state index is 11.5. The van der Waals surface area contributed by atoms with Crippen LogP contribution in [-0.2, 0) is 22.9 Å². The molecule has 3 rings (SSSR count). The average molecular weight is 373 g/mol. The second kappa shape index (κ2) is 7.37. The molecule has 0 bridgehead atoms. The summed E-state index contributed by atoms with van der Waals surface area (Å²) in [7, 11) is -3.19. The lowest BCUT2D eigenvalue weighted by Crippen LogP contribution is -1.98. The van der Waals surface area contributed by atoms with Gasteiger partial charge in [-0.15, -0.1) is 11.3 Å². The molecule has 1 aromatic heterocycles. The Balaban J connectivity index is 1.65. The van der Waals surface area contributed by atoms with E-state index in [1.54, 1.807) is 35.6 Å². The molecule has 0 amide bonds. The highest BCUT2D eigenvalue weighted by Gasteiger charge is 2.08. The van der Waals surface area contributed by atoms with E-state index in [1.807, 2.05) is 5.38 Å². The van der Waals surface area contributed by atoms with Crippen molar-refractivity contribution in [1.82, 2.24) is 4.98 Å².